The third-order valence-corrected chi connectivity index (χ3v) is 13.0. The van der Waals surface area contributed by atoms with Crippen LogP contribution in [0, 0.1) is 5.92 Å². The van der Waals surface area contributed by atoms with E-state index in [1.54, 1.807) is 6.08 Å². The van der Waals surface area contributed by atoms with E-state index < -0.39 is 5.41 Å². The summed E-state index contributed by atoms with van der Waals surface area (Å²) in [6, 6.07) is 45.1. The highest BCUT2D eigenvalue weighted by molar-refractivity contribution is 7.99. The van der Waals surface area contributed by atoms with Crippen molar-refractivity contribution in [1.82, 2.24) is 9.88 Å². The monoisotopic (exact) mass is 708 g/mol. The Labute approximate surface area is 314 Å². The Morgan fingerprint density at radius 1 is 0.788 bits per heavy atom. The lowest BCUT2D eigenvalue weighted by molar-refractivity contribution is 0.451. The van der Waals surface area contributed by atoms with E-state index in [1.165, 1.54) is 64.1 Å². The molecular formula is C48H40N2S2. The van der Waals surface area contributed by atoms with Crippen molar-refractivity contribution in [3.05, 3.63) is 203 Å². The van der Waals surface area contributed by atoms with Crippen LogP contribution in [0.4, 0.5) is 0 Å². The first-order chi connectivity index (χ1) is 25.7. The standard InChI is InChI=1S/C48H40N2S2/c1-3-4-30-49-35-27-25-33(2)48(40-19-9-12-22-44(40)52-45-23-13-10-20-41(45)48)47-37(18-14-24-46(47)51-31-29-35)34-26-28-43-39(32-34)38-17-8-11-21-42(38)50(43)36-15-6-5-7-16-36/h3-25,27-30,32-34,49H,1,26,31H2,2H3/b27-25-,30-4-,35-29+. The minimum atomic E-state index is -0.417. The molecule has 52 heavy (non-hydrogen) atoms. The molecule has 2 unspecified atom stereocenters. The molecule has 1 aromatic heterocycles. The number of thioether (sulfide) groups is 1. The Morgan fingerprint density at radius 3 is 2.29 bits per heavy atom. The smallest absolute Gasteiger partial charge is 0.0547 e. The number of allylic oxidation sites excluding steroid dienone is 4. The first-order valence-electron chi connectivity index (χ1n) is 18.1. The molecule has 2 nitrogen and oxygen atoms in total. The number of para-hydroxylation sites is 2. The highest BCUT2D eigenvalue weighted by atomic mass is 32.2. The average Bonchev–Trinajstić information content (AvgIpc) is 3.52. The van der Waals surface area contributed by atoms with Crippen molar-refractivity contribution in [3.63, 3.8) is 0 Å². The van der Waals surface area contributed by atoms with E-state index in [0.717, 1.165) is 17.9 Å². The third-order valence-electron chi connectivity index (χ3n) is 10.9. The molecule has 0 radical (unpaired) electrons. The van der Waals surface area contributed by atoms with Gasteiger partial charge in [-0.05, 0) is 83.1 Å². The SMILES string of the molecule is C=C/C=C\NC1=C/CSc2cccc(C3C=c4c(n(-c5ccccc5)c5ccccc45)=CC3)c2C2(c3ccccc3Sc3ccccc32)C(C)/C=C\1. The van der Waals surface area contributed by atoms with Gasteiger partial charge in [0.25, 0.3) is 0 Å². The summed E-state index contributed by atoms with van der Waals surface area (Å²) in [5, 5.41) is 7.42. The summed E-state index contributed by atoms with van der Waals surface area (Å²) in [4.78, 5) is 4.01. The Balaban J connectivity index is 1.32. The third kappa shape index (κ3) is 5.36. The molecule has 6 aromatic rings. The van der Waals surface area contributed by atoms with E-state index in [2.05, 4.69) is 175 Å². The van der Waals surface area contributed by atoms with Crippen molar-refractivity contribution in [2.45, 2.75) is 39.4 Å². The van der Waals surface area contributed by atoms with Gasteiger partial charge in [-0.2, -0.15) is 0 Å². The van der Waals surface area contributed by atoms with Gasteiger partial charge in [-0.3, -0.25) is 0 Å². The molecule has 9 rings (SSSR count). The minimum Gasteiger partial charge on any atom is -0.362 e. The highest BCUT2D eigenvalue weighted by Gasteiger charge is 2.48. The summed E-state index contributed by atoms with van der Waals surface area (Å²) in [6.45, 7) is 6.28. The second-order valence-electron chi connectivity index (χ2n) is 13.7. The quantitative estimate of drug-likeness (QED) is 0.180. The summed E-state index contributed by atoms with van der Waals surface area (Å²) in [5.74, 6) is 1.19. The number of aromatic nitrogens is 1. The first-order valence-corrected chi connectivity index (χ1v) is 19.9. The van der Waals surface area contributed by atoms with E-state index >= 15 is 0 Å². The van der Waals surface area contributed by atoms with Gasteiger partial charge in [0.05, 0.1) is 10.9 Å². The fourth-order valence-corrected chi connectivity index (χ4v) is 10.9. The topological polar surface area (TPSA) is 17.0 Å². The predicted molar refractivity (Wildman–Crippen MR) is 222 cm³/mol. The van der Waals surface area contributed by atoms with Gasteiger partial charge in [-0.25, -0.2) is 0 Å². The van der Waals surface area contributed by atoms with Gasteiger partial charge >= 0.3 is 0 Å². The van der Waals surface area contributed by atoms with Crippen molar-refractivity contribution in [3.8, 4) is 5.69 Å². The van der Waals surface area contributed by atoms with Gasteiger partial charge in [-0.15, -0.1) is 11.8 Å². The maximum atomic E-state index is 3.85. The van der Waals surface area contributed by atoms with Gasteiger partial charge in [0.15, 0.2) is 0 Å². The lowest BCUT2D eigenvalue weighted by atomic mass is 9.60. The molecule has 0 bridgehead atoms. The highest BCUT2D eigenvalue weighted by Crippen LogP contribution is 2.59. The van der Waals surface area contributed by atoms with Crippen LogP contribution in [0.25, 0.3) is 28.7 Å². The number of nitrogens with zero attached hydrogens (tertiary/aromatic N) is 1. The van der Waals surface area contributed by atoms with Crippen LogP contribution in [0.3, 0.4) is 0 Å². The van der Waals surface area contributed by atoms with E-state index in [-0.39, 0.29) is 11.8 Å². The van der Waals surface area contributed by atoms with E-state index in [1.807, 2.05) is 35.8 Å². The zero-order valence-corrected chi connectivity index (χ0v) is 30.8. The van der Waals surface area contributed by atoms with Crippen LogP contribution in [0.15, 0.2) is 185 Å². The summed E-state index contributed by atoms with van der Waals surface area (Å²) in [5.41, 5.74) is 8.76. The number of fused-ring (bicyclic) bond motifs is 9. The molecule has 0 saturated carbocycles. The molecule has 3 heterocycles. The molecule has 254 valence electrons. The van der Waals surface area contributed by atoms with Crippen LogP contribution in [-0.2, 0) is 5.41 Å². The lowest BCUT2D eigenvalue weighted by Crippen LogP contribution is -2.40. The van der Waals surface area contributed by atoms with Crippen molar-refractivity contribution >= 4 is 46.6 Å². The summed E-state index contributed by atoms with van der Waals surface area (Å²) in [7, 11) is 0. The second-order valence-corrected chi connectivity index (χ2v) is 15.8. The van der Waals surface area contributed by atoms with Gasteiger partial charge in [0, 0.05) is 59.9 Å². The summed E-state index contributed by atoms with van der Waals surface area (Å²) < 4.78 is 2.44. The molecule has 0 amide bonds. The fourth-order valence-electron chi connectivity index (χ4n) is 8.66. The largest absolute Gasteiger partial charge is 0.362 e. The predicted octanol–water partition coefficient (Wildman–Crippen LogP) is 10.6. The fraction of sp³-hybridized carbons (Fsp3) is 0.125. The molecule has 2 atom stereocenters. The van der Waals surface area contributed by atoms with Crippen LogP contribution < -0.4 is 15.9 Å². The van der Waals surface area contributed by atoms with E-state index in [9.17, 15) is 0 Å². The minimum absolute atomic E-state index is 0.131. The summed E-state index contributed by atoms with van der Waals surface area (Å²) >= 11 is 3.85. The van der Waals surface area contributed by atoms with Crippen LogP contribution in [0.1, 0.15) is 41.5 Å². The molecule has 0 saturated heterocycles. The Bertz CT molecular complexity index is 2510. The van der Waals surface area contributed by atoms with Gasteiger partial charge in [0.1, 0.15) is 0 Å². The molecule has 1 N–H and O–H groups in total. The maximum Gasteiger partial charge on any atom is 0.0547 e. The maximum absolute atomic E-state index is 3.85. The molecule has 4 heteroatoms. The number of hydrogen-bond donors (Lipinski definition) is 1. The van der Waals surface area contributed by atoms with Gasteiger partial charge in [0.2, 0.25) is 0 Å². The molecule has 5 aromatic carbocycles. The van der Waals surface area contributed by atoms with Crippen LogP contribution >= 0.6 is 23.5 Å². The second kappa shape index (κ2) is 13.8. The molecule has 1 spiro atoms. The van der Waals surface area contributed by atoms with E-state index in [0.29, 0.717) is 0 Å². The first kappa shape index (κ1) is 32.7. The van der Waals surface area contributed by atoms with E-state index in [4.69, 9.17) is 0 Å². The van der Waals surface area contributed by atoms with Crippen molar-refractivity contribution in [2.24, 2.45) is 5.92 Å². The number of benzene rings is 5. The lowest BCUT2D eigenvalue weighted by Gasteiger charge is -2.47. The Hall–Kier alpha value is -5.16. The van der Waals surface area contributed by atoms with Crippen LogP contribution in [0.2, 0.25) is 0 Å². The number of nitrogens with one attached hydrogen (secondary N) is 1. The van der Waals surface area contributed by atoms with Crippen molar-refractivity contribution in [2.75, 3.05) is 5.75 Å². The normalized spacial score (nSPS) is 20.3. The molecule has 2 aliphatic heterocycles. The zero-order chi connectivity index (χ0) is 35.1. The van der Waals surface area contributed by atoms with Crippen molar-refractivity contribution in [1.29, 1.82) is 0 Å². The molecule has 0 fully saturated rings. The van der Waals surface area contributed by atoms with Crippen LogP contribution in [-0.4, -0.2) is 10.3 Å². The molecule has 3 aliphatic rings. The van der Waals surface area contributed by atoms with Crippen molar-refractivity contribution < 1.29 is 0 Å². The van der Waals surface area contributed by atoms with Crippen LogP contribution in [0.5, 0.6) is 0 Å². The summed E-state index contributed by atoms with van der Waals surface area (Å²) in [6.07, 6.45) is 18.7. The van der Waals surface area contributed by atoms with Gasteiger partial charge < -0.3 is 9.88 Å². The number of rotatable bonds is 5. The zero-order valence-electron chi connectivity index (χ0n) is 29.2. The molecule has 1 aliphatic carbocycles. The molecular weight excluding hydrogens is 669 g/mol. The average molecular weight is 709 g/mol. The Kier molecular flexibility index (Phi) is 8.66. The number of hydrogen-bond acceptors (Lipinski definition) is 3. The Morgan fingerprint density at radius 2 is 1.50 bits per heavy atom. The van der Waals surface area contributed by atoms with Gasteiger partial charge in [-0.1, -0.05) is 141 Å².